The molecule has 104 valence electrons. The van der Waals surface area contributed by atoms with Gasteiger partial charge in [-0.15, -0.1) is 0 Å². The molecule has 0 aromatic heterocycles. The molecule has 1 aromatic carbocycles. The van der Waals surface area contributed by atoms with Crippen LogP contribution in [0.2, 0.25) is 0 Å². The summed E-state index contributed by atoms with van der Waals surface area (Å²) in [5.74, 6) is 0.623. The molecule has 1 aliphatic rings. The van der Waals surface area contributed by atoms with Crippen LogP contribution < -0.4 is 10.6 Å². The Bertz CT molecular complexity index is 456. The maximum Gasteiger partial charge on any atom is 0.315 e. The molecule has 2 N–H and O–H groups in total. The van der Waals surface area contributed by atoms with Crippen molar-refractivity contribution in [3.8, 4) is 0 Å². The van der Waals surface area contributed by atoms with E-state index in [1.54, 1.807) is 19.2 Å². The average molecular weight is 263 g/mol. The Balaban J connectivity index is 2.21. The van der Waals surface area contributed by atoms with Crippen molar-refractivity contribution in [1.82, 2.24) is 0 Å². The number of nitro groups is 1. The van der Waals surface area contributed by atoms with Gasteiger partial charge in [0.2, 0.25) is 0 Å². The molecule has 0 spiro atoms. The lowest BCUT2D eigenvalue weighted by atomic mass is 9.99. The van der Waals surface area contributed by atoms with Crippen LogP contribution in [-0.4, -0.2) is 18.0 Å². The average Bonchev–Trinajstić information content (AvgIpc) is 2.92. The fourth-order valence-corrected chi connectivity index (χ4v) is 2.88. The first-order valence-corrected chi connectivity index (χ1v) is 6.85. The van der Waals surface area contributed by atoms with E-state index in [1.807, 2.05) is 6.07 Å². The van der Waals surface area contributed by atoms with Crippen LogP contribution in [0.25, 0.3) is 0 Å². The Morgan fingerprint density at radius 1 is 1.32 bits per heavy atom. The second-order valence-electron chi connectivity index (χ2n) is 5.19. The summed E-state index contributed by atoms with van der Waals surface area (Å²) in [6.45, 7) is 2.12. The van der Waals surface area contributed by atoms with E-state index in [-0.39, 0.29) is 16.7 Å². The van der Waals surface area contributed by atoms with E-state index in [2.05, 4.69) is 17.6 Å². The molecule has 5 nitrogen and oxygen atoms in total. The Labute approximate surface area is 113 Å². The molecule has 5 heteroatoms. The van der Waals surface area contributed by atoms with Crippen LogP contribution >= 0.6 is 0 Å². The molecule has 0 radical (unpaired) electrons. The van der Waals surface area contributed by atoms with Crippen molar-refractivity contribution in [2.45, 2.75) is 38.6 Å². The van der Waals surface area contributed by atoms with Crippen LogP contribution in [0.1, 0.15) is 32.6 Å². The molecule has 0 amide bonds. The van der Waals surface area contributed by atoms with E-state index in [0.717, 1.165) is 0 Å². The SMILES string of the molecule is CNc1cccc(NC(C)C2CCCC2)c1[N+](=O)[O-]. The molecule has 1 saturated carbocycles. The van der Waals surface area contributed by atoms with Crippen LogP contribution in [0.15, 0.2) is 18.2 Å². The standard InChI is InChI=1S/C14H21N3O2/c1-10(11-6-3-4-7-11)16-13-9-5-8-12(15-2)14(13)17(18)19/h5,8-11,15-16H,3-4,6-7H2,1-2H3. The number of hydrogen-bond donors (Lipinski definition) is 2. The number of hydrogen-bond acceptors (Lipinski definition) is 4. The van der Waals surface area contributed by atoms with Crippen molar-refractivity contribution < 1.29 is 4.92 Å². The number of rotatable bonds is 5. The van der Waals surface area contributed by atoms with Crippen molar-refractivity contribution in [3.05, 3.63) is 28.3 Å². The fourth-order valence-electron chi connectivity index (χ4n) is 2.88. The summed E-state index contributed by atoms with van der Waals surface area (Å²) in [5, 5.41) is 17.4. The van der Waals surface area contributed by atoms with Crippen LogP contribution in [0.4, 0.5) is 17.1 Å². The highest BCUT2D eigenvalue weighted by Gasteiger charge is 2.25. The topological polar surface area (TPSA) is 67.2 Å². The number of benzene rings is 1. The van der Waals surface area contributed by atoms with Gasteiger partial charge in [0.15, 0.2) is 0 Å². The zero-order valence-electron chi connectivity index (χ0n) is 11.5. The van der Waals surface area contributed by atoms with Crippen LogP contribution in [0, 0.1) is 16.0 Å². The molecule has 1 aromatic rings. The van der Waals surface area contributed by atoms with Gasteiger partial charge >= 0.3 is 5.69 Å². The number of para-hydroxylation sites is 1. The van der Waals surface area contributed by atoms with Gasteiger partial charge in [-0.25, -0.2) is 0 Å². The van der Waals surface area contributed by atoms with Gasteiger partial charge in [0.05, 0.1) is 4.92 Å². The van der Waals surface area contributed by atoms with Crippen molar-refractivity contribution >= 4 is 17.1 Å². The van der Waals surface area contributed by atoms with Crippen LogP contribution in [0.3, 0.4) is 0 Å². The highest BCUT2D eigenvalue weighted by molar-refractivity contribution is 5.76. The van der Waals surface area contributed by atoms with Gasteiger partial charge in [0.1, 0.15) is 11.4 Å². The molecule has 0 aliphatic heterocycles. The lowest BCUT2D eigenvalue weighted by Gasteiger charge is -2.21. The van der Waals surface area contributed by atoms with Gasteiger partial charge < -0.3 is 10.6 Å². The lowest BCUT2D eigenvalue weighted by Crippen LogP contribution is -2.24. The van der Waals surface area contributed by atoms with Crippen LogP contribution in [-0.2, 0) is 0 Å². The predicted octanol–water partition coefficient (Wildman–Crippen LogP) is 3.63. The molecule has 1 atom stereocenters. The summed E-state index contributed by atoms with van der Waals surface area (Å²) in [6.07, 6.45) is 4.98. The minimum Gasteiger partial charge on any atom is -0.382 e. The number of nitrogens with zero attached hydrogens (tertiary/aromatic N) is 1. The first kappa shape index (κ1) is 13.6. The highest BCUT2D eigenvalue weighted by Crippen LogP contribution is 2.35. The van der Waals surface area contributed by atoms with E-state index in [4.69, 9.17) is 0 Å². The Morgan fingerprint density at radius 2 is 1.95 bits per heavy atom. The summed E-state index contributed by atoms with van der Waals surface area (Å²) < 4.78 is 0. The predicted molar refractivity (Wildman–Crippen MR) is 77.7 cm³/mol. The maximum atomic E-state index is 11.2. The first-order valence-electron chi connectivity index (χ1n) is 6.85. The number of anilines is 2. The van der Waals surface area contributed by atoms with Crippen molar-refractivity contribution in [2.75, 3.05) is 17.7 Å². The monoisotopic (exact) mass is 263 g/mol. The normalized spacial score (nSPS) is 17.2. The Kier molecular flexibility index (Phi) is 4.24. The summed E-state index contributed by atoms with van der Waals surface area (Å²) in [6, 6.07) is 5.62. The van der Waals surface area contributed by atoms with E-state index in [0.29, 0.717) is 17.3 Å². The maximum absolute atomic E-state index is 11.2. The molecule has 0 heterocycles. The molecule has 2 rings (SSSR count). The summed E-state index contributed by atoms with van der Waals surface area (Å²) in [4.78, 5) is 10.9. The second kappa shape index (κ2) is 5.91. The molecule has 0 saturated heterocycles. The third kappa shape index (κ3) is 2.97. The van der Waals surface area contributed by atoms with Crippen LogP contribution in [0.5, 0.6) is 0 Å². The van der Waals surface area contributed by atoms with Crippen molar-refractivity contribution in [1.29, 1.82) is 0 Å². The molecule has 1 unspecified atom stereocenters. The largest absolute Gasteiger partial charge is 0.382 e. The molecular formula is C14H21N3O2. The Hall–Kier alpha value is -1.78. The van der Waals surface area contributed by atoms with E-state index in [9.17, 15) is 10.1 Å². The van der Waals surface area contributed by atoms with Gasteiger partial charge in [0, 0.05) is 13.1 Å². The van der Waals surface area contributed by atoms with Crippen molar-refractivity contribution in [2.24, 2.45) is 5.92 Å². The highest BCUT2D eigenvalue weighted by atomic mass is 16.6. The van der Waals surface area contributed by atoms with Gasteiger partial charge in [-0.2, -0.15) is 0 Å². The van der Waals surface area contributed by atoms with Gasteiger partial charge in [-0.05, 0) is 37.8 Å². The molecule has 1 aliphatic carbocycles. The Morgan fingerprint density at radius 3 is 2.53 bits per heavy atom. The third-order valence-corrected chi connectivity index (χ3v) is 3.98. The van der Waals surface area contributed by atoms with E-state index in [1.165, 1.54) is 25.7 Å². The molecular weight excluding hydrogens is 242 g/mol. The lowest BCUT2D eigenvalue weighted by molar-refractivity contribution is -0.383. The number of nitrogens with one attached hydrogen (secondary N) is 2. The first-order chi connectivity index (χ1) is 9.13. The number of nitro benzene ring substituents is 1. The second-order valence-corrected chi connectivity index (χ2v) is 5.19. The molecule has 19 heavy (non-hydrogen) atoms. The van der Waals surface area contributed by atoms with E-state index >= 15 is 0 Å². The minimum absolute atomic E-state index is 0.134. The third-order valence-electron chi connectivity index (χ3n) is 3.98. The minimum atomic E-state index is -0.324. The fraction of sp³-hybridized carbons (Fsp3) is 0.571. The van der Waals surface area contributed by atoms with Gasteiger partial charge in [0.25, 0.3) is 0 Å². The van der Waals surface area contributed by atoms with Gasteiger partial charge in [-0.1, -0.05) is 18.9 Å². The smallest absolute Gasteiger partial charge is 0.315 e. The molecule has 0 bridgehead atoms. The quantitative estimate of drug-likeness (QED) is 0.629. The summed E-state index contributed by atoms with van der Waals surface area (Å²) in [5.41, 5.74) is 1.29. The summed E-state index contributed by atoms with van der Waals surface area (Å²) >= 11 is 0. The summed E-state index contributed by atoms with van der Waals surface area (Å²) in [7, 11) is 1.70. The zero-order valence-corrected chi connectivity index (χ0v) is 11.5. The van der Waals surface area contributed by atoms with Gasteiger partial charge in [-0.3, -0.25) is 10.1 Å². The molecule has 1 fully saturated rings. The zero-order chi connectivity index (χ0) is 13.8. The van der Waals surface area contributed by atoms with E-state index < -0.39 is 0 Å². The van der Waals surface area contributed by atoms with Crippen molar-refractivity contribution in [3.63, 3.8) is 0 Å².